The Kier molecular flexibility index (Phi) is 31.2. The maximum absolute atomic E-state index is 12.9. The zero-order chi connectivity index (χ0) is 35.7. The molecule has 0 aromatic heterocycles. The quantitative estimate of drug-likeness (QED) is 0.0368. The third-order valence-electron chi connectivity index (χ3n) is 7.11. The number of nitrogens with zero attached hydrogens (tertiary/aromatic N) is 1. The van der Waals surface area contributed by atoms with Crippen LogP contribution in [-0.4, -0.2) is 123 Å². The Balaban J connectivity index is 4.52. The maximum Gasteiger partial charge on any atom is 0.248 e. The van der Waals surface area contributed by atoms with Crippen LogP contribution < -0.4 is 26.6 Å². The van der Waals surface area contributed by atoms with Gasteiger partial charge in [-0.1, -0.05) is 25.7 Å². The van der Waals surface area contributed by atoms with Crippen molar-refractivity contribution in [3.05, 3.63) is 0 Å². The summed E-state index contributed by atoms with van der Waals surface area (Å²) in [5, 5.41) is 22.8. The molecule has 278 valence electrons. The van der Waals surface area contributed by atoms with Crippen LogP contribution >= 0.6 is 25.3 Å². The molecule has 0 spiro atoms. The van der Waals surface area contributed by atoms with Crippen molar-refractivity contribution in [1.82, 2.24) is 31.5 Å². The summed E-state index contributed by atoms with van der Waals surface area (Å²) in [4.78, 5) is 74.0. The molecule has 48 heavy (non-hydrogen) atoms. The van der Waals surface area contributed by atoms with Crippen molar-refractivity contribution in [3.8, 4) is 0 Å². The average Bonchev–Trinajstić information content (AvgIpc) is 3.05. The first-order chi connectivity index (χ1) is 23.2. The van der Waals surface area contributed by atoms with Crippen LogP contribution in [0, 0.1) is 0 Å². The smallest absolute Gasteiger partial charge is 0.248 e. The number of thiol groups is 2. The molecule has 0 aliphatic carbocycles. The fraction of sp³-hybridized carbons (Fsp3) is 0.812. The van der Waals surface area contributed by atoms with Gasteiger partial charge in [0.25, 0.3) is 0 Å². The van der Waals surface area contributed by atoms with Crippen molar-refractivity contribution in [3.63, 3.8) is 0 Å². The van der Waals surface area contributed by atoms with Crippen LogP contribution in [0.2, 0.25) is 0 Å². The monoisotopic (exact) mass is 720 g/mol. The number of hydrogen-bond donors (Lipinski definition) is 8. The minimum Gasteiger partial charge on any atom is -0.396 e. The van der Waals surface area contributed by atoms with Gasteiger partial charge in [-0.3, -0.25) is 28.8 Å². The normalized spacial score (nSPS) is 10.6. The summed E-state index contributed by atoms with van der Waals surface area (Å²) in [6.45, 7) is 2.06. The van der Waals surface area contributed by atoms with Crippen LogP contribution in [0.4, 0.5) is 0 Å². The fourth-order valence-electron chi connectivity index (χ4n) is 4.40. The van der Waals surface area contributed by atoms with Crippen LogP contribution in [0.15, 0.2) is 0 Å². The summed E-state index contributed by atoms with van der Waals surface area (Å²) in [5.74, 6) is -0.0236. The Morgan fingerprint density at radius 3 is 1.33 bits per heavy atom. The highest BCUT2D eigenvalue weighted by molar-refractivity contribution is 7.80. The number of aliphatic hydroxyl groups excluding tert-OH is 1. The van der Waals surface area contributed by atoms with E-state index in [1.807, 2.05) is 0 Å². The largest absolute Gasteiger partial charge is 0.396 e. The maximum atomic E-state index is 12.9. The lowest BCUT2D eigenvalue weighted by Crippen LogP contribution is -2.44. The van der Waals surface area contributed by atoms with Crippen LogP contribution in [0.5, 0.6) is 0 Å². The summed E-state index contributed by atoms with van der Waals surface area (Å²) in [6, 6.07) is 0. The Hall–Kier alpha value is -2.56. The molecule has 6 N–H and O–H groups in total. The lowest BCUT2D eigenvalue weighted by atomic mass is 10.2. The zero-order valence-corrected chi connectivity index (χ0v) is 30.3. The molecule has 0 aromatic carbocycles. The van der Waals surface area contributed by atoms with Gasteiger partial charge in [0.05, 0.1) is 0 Å². The molecular formula is C32H60N6O8S2. The number of aliphatic hydroxyl groups is 1. The molecule has 0 unspecified atom stereocenters. The van der Waals surface area contributed by atoms with E-state index in [9.17, 15) is 28.8 Å². The van der Waals surface area contributed by atoms with Crippen molar-refractivity contribution in [2.24, 2.45) is 0 Å². The van der Waals surface area contributed by atoms with E-state index in [0.717, 1.165) is 51.4 Å². The minimum atomic E-state index is -0.366. The summed E-state index contributed by atoms with van der Waals surface area (Å²) in [5.41, 5.74) is 0. The molecule has 0 heterocycles. The topological polar surface area (TPSA) is 195 Å². The molecule has 6 amide bonds. The van der Waals surface area contributed by atoms with Gasteiger partial charge in [-0.05, 0) is 50.0 Å². The molecule has 0 aliphatic rings. The van der Waals surface area contributed by atoms with Crippen molar-refractivity contribution in [1.29, 1.82) is 0 Å². The summed E-state index contributed by atoms with van der Waals surface area (Å²) < 4.78 is 5.34. The van der Waals surface area contributed by atoms with Gasteiger partial charge in [-0.15, -0.1) is 0 Å². The van der Waals surface area contributed by atoms with Gasteiger partial charge in [-0.2, -0.15) is 25.3 Å². The second-order valence-electron chi connectivity index (χ2n) is 11.3. The molecule has 0 bridgehead atoms. The molecule has 0 rings (SSSR count). The molecular weight excluding hydrogens is 661 g/mol. The van der Waals surface area contributed by atoms with Gasteiger partial charge < -0.3 is 41.3 Å². The molecule has 14 nitrogen and oxygen atoms in total. The number of rotatable bonds is 32. The lowest BCUT2D eigenvalue weighted by Gasteiger charge is -2.23. The first-order valence-corrected chi connectivity index (χ1v) is 18.5. The van der Waals surface area contributed by atoms with E-state index in [2.05, 4.69) is 51.8 Å². The second kappa shape index (κ2) is 33.0. The molecule has 0 saturated carbocycles. The van der Waals surface area contributed by atoms with Crippen LogP contribution in [0.3, 0.4) is 0 Å². The van der Waals surface area contributed by atoms with E-state index in [0.29, 0.717) is 69.7 Å². The van der Waals surface area contributed by atoms with Crippen molar-refractivity contribution in [2.75, 3.05) is 77.1 Å². The summed E-state index contributed by atoms with van der Waals surface area (Å²) in [6.07, 6.45) is 9.22. The highest BCUT2D eigenvalue weighted by Crippen LogP contribution is 2.01. The van der Waals surface area contributed by atoms with E-state index >= 15 is 0 Å². The average molecular weight is 721 g/mol. The van der Waals surface area contributed by atoms with Crippen molar-refractivity contribution < 1.29 is 38.6 Å². The first kappa shape index (κ1) is 45.4. The number of nitrogens with one attached hydrogen (secondary N) is 5. The van der Waals surface area contributed by atoms with Gasteiger partial charge in [0.2, 0.25) is 35.4 Å². The standard InChI is InChI=1S/C32H60N6O8S2/c39-22-10-2-1-7-17-35-31(44)25-46-26-32(45)38(20-18-36-27(40)11-5-3-8-15-33-29(42)13-23-47)21-19-37-28(41)12-6-4-9-16-34-30(43)14-24-48/h39,47-48H,1-26H2,(H,33,42)(H,34,43)(H,35,44)(H,36,40)(H,37,41). The first-order valence-electron chi connectivity index (χ1n) is 17.2. The SMILES string of the molecule is O=C(CCS)NCCCCCC(=O)NCCN(CCNC(=O)CCCCCNC(=O)CCS)C(=O)COCC(=O)NCCCCCCO. The number of unbranched alkanes of at least 4 members (excludes halogenated alkanes) is 7. The van der Waals surface area contributed by atoms with E-state index < -0.39 is 0 Å². The van der Waals surface area contributed by atoms with E-state index in [-0.39, 0.29) is 81.4 Å². The highest BCUT2D eigenvalue weighted by atomic mass is 32.1. The molecule has 0 radical (unpaired) electrons. The summed E-state index contributed by atoms with van der Waals surface area (Å²) >= 11 is 8.06. The second-order valence-corrected chi connectivity index (χ2v) is 12.2. The van der Waals surface area contributed by atoms with E-state index in [1.54, 1.807) is 0 Å². The number of carbonyl (C=O) groups excluding carboxylic acids is 6. The van der Waals surface area contributed by atoms with Crippen molar-refractivity contribution >= 4 is 60.7 Å². The van der Waals surface area contributed by atoms with Crippen LogP contribution in [-0.2, 0) is 33.5 Å². The third-order valence-corrected chi connectivity index (χ3v) is 7.56. The third kappa shape index (κ3) is 29.6. The molecule has 0 aliphatic heterocycles. The predicted octanol–water partition coefficient (Wildman–Crippen LogP) is 0.726. The van der Waals surface area contributed by atoms with Gasteiger partial charge in [0, 0.05) is 78.1 Å². The molecule has 0 saturated heterocycles. The Bertz CT molecular complexity index is 868. The molecule has 16 heteroatoms. The van der Waals surface area contributed by atoms with Gasteiger partial charge in [0.1, 0.15) is 13.2 Å². The molecule has 0 aromatic rings. The van der Waals surface area contributed by atoms with Crippen LogP contribution in [0.25, 0.3) is 0 Å². The lowest BCUT2D eigenvalue weighted by molar-refractivity contribution is -0.139. The number of ether oxygens (including phenoxy) is 1. The zero-order valence-electron chi connectivity index (χ0n) is 28.5. The van der Waals surface area contributed by atoms with Gasteiger partial charge >= 0.3 is 0 Å². The number of amides is 6. The number of carbonyl (C=O) groups is 6. The number of hydrogen-bond acceptors (Lipinski definition) is 10. The minimum absolute atomic E-state index is 0.0321. The summed E-state index contributed by atoms with van der Waals surface area (Å²) in [7, 11) is 0. The Morgan fingerprint density at radius 1 is 0.479 bits per heavy atom. The highest BCUT2D eigenvalue weighted by Gasteiger charge is 2.15. The van der Waals surface area contributed by atoms with Gasteiger partial charge in [0.15, 0.2) is 0 Å². The molecule has 0 atom stereocenters. The van der Waals surface area contributed by atoms with Crippen molar-refractivity contribution in [2.45, 2.75) is 89.9 Å². The van der Waals surface area contributed by atoms with E-state index in [4.69, 9.17) is 9.84 Å². The fourth-order valence-corrected chi connectivity index (χ4v) is 4.81. The predicted molar refractivity (Wildman–Crippen MR) is 192 cm³/mol. The Labute approximate surface area is 297 Å². The Morgan fingerprint density at radius 2 is 0.875 bits per heavy atom. The van der Waals surface area contributed by atoms with Gasteiger partial charge in [-0.25, -0.2) is 0 Å². The molecule has 0 fully saturated rings. The van der Waals surface area contributed by atoms with E-state index in [1.165, 1.54) is 4.90 Å². The van der Waals surface area contributed by atoms with Crippen LogP contribution in [0.1, 0.15) is 89.9 Å².